The Kier molecular flexibility index (Phi) is 8.26. The van der Waals surface area contributed by atoms with Gasteiger partial charge in [-0.25, -0.2) is 0 Å². The van der Waals surface area contributed by atoms with Crippen LogP contribution in [-0.4, -0.2) is 25.7 Å². The first-order valence-electron chi connectivity index (χ1n) is 4.52. The average Bonchev–Trinajstić information content (AvgIpc) is 2.13. The fourth-order valence-corrected chi connectivity index (χ4v) is 0.757. The molecule has 0 unspecified atom stereocenters. The summed E-state index contributed by atoms with van der Waals surface area (Å²) in [6, 6.07) is 1.95. The predicted octanol–water partition coefficient (Wildman–Crippen LogP) is 0.833. The molecule has 4 nitrogen and oxygen atoms in total. The second kappa shape index (κ2) is 9.01. The van der Waals surface area contributed by atoms with Gasteiger partial charge in [0.2, 0.25) is 5.91 Å². The second-order valence-electron chi connectivity index (χ2n) is 2.62. The molecule has 0 bridgehead atoms. The summed E-state index contributed by atoms with van der Waals surface area (Å²) in [6.45, 7) is 3.62. The highest BCUT2D eigenvalue weighted by Crippen LogP contribution is 1.85. The van der Waals surface area contributed by atoms with E-state index in [0.29, 0.717) is 32.6 Å². The smallest absolute Gasteiger partial charge is 0.222 e. The molecule has 1 N–H and O–H groups in total. The number of nitrogens with zero attached hydrogens (tertiary/aromatic N) is 1. The number of nitrogens with one attached hydrogen (secondary N) is 1. The van der Waals surface area contributed by atoms with Crippen molar-refractivity contribution in [2.75, 3.05) is 19.8 Å². The lowest BCUT2D eigenvalue weighted by atomic mass is 10.4. The fourth-order valence-electron chi connectivity index (χ4n) is 0.757. The molecule has 0 aliphatic heterocycles. The van der Waals surface area contributed by atoms with Crippen LogP contribution in [0.3, 0.4) is 0 Å². The summed E-state index contributed by atoms with van der Waals surface area (Å²) >= 11 is 0. The fraction of sp³-hybridized carbons (Fsp3) is 0.778. The van der Waals surface area contributed by atoms with Gasteiger partial charge < -0.3 is 10.1 Å². The first-order valence-corrected chi connectivity index (χ1v) is 4.52. The molecule has 0 fully saturated rings. The Labute approximate surface area is 78.9 Å². The van der Waals surface area contributed by atoms with Gasteiger partial charge in [-0.2, -0.15) is 5.26 Å². The van der Waals surface area contributed by atoms with Gasteiger partial charge in [0.05, 0.1) is 19.1 Å². The minimum Gasteiger partial charge on any atom is -0.381 e. The summed E-state index contributed by atoms with van der Waals surface area (Å²) in [7, 11) is 0. The number of amides is 1. The largest absolute Gasteiger partial charge is 0.381 e. The molecule has 0 atom stereocenters. The molecular weight excluding hydrogens is 168 g/mol. The Balaban J connectivity index is 3.16. The van der Waals surface area contributed by atoms with E-state index in [0.717, 1.165) is 6.42 Å². The van der Waals surface area contributed by atoms with Crippen molar-refractivity contribution in [3.63, 3.8) is 0 Å². The lowest BCUT2D eigenvalue weighted by molar-refractivity contribution is -0.122. The molecule has 0 saturated carbocycles. The van der Waals surface area contributed by atoms with Gasteiger partial charge in [-0.3, -0.25) is 4.79 Å². The summed E-state index contributed by atoms with van der Waals surface area (Å²) < 4.78 is 5.13. The average molecular weight is 184 g/mol. The molecule has 13 heavy (non-hydrogen) atoms. The maximum Gasteiger partial charge on any atom is 0.222 e. The predicted molar refractivity (Wildman–Crippen MR) is 49.0 cm³/mol. The lowest BCUT2D eigenvalue weighted by Gasteiger charge is -2.02. The standard InChI is InChI=1S/C9H16N2O2/c1-2-7-13-8-4-9(12)11-6-3-5-10/h2-4,6-8H2,1H3,(H,11,12). The van der Waals surface area contributed by atoms with E-state index in [1.165, 1.54) is 0 Å². The van der Waals surface area contributed by atoms with Crippen LogP contribution in [0.5, 0.6) is 0 Å². The van der Waals surface area contributed by atoms with Crippen LogP contribution in [0.25, 0.3) is 0 Å². The van der Waals surface area contributed by atoms with Gasteiger partial charge >= 0.3 is 0 Å². The monoisotopic (exact) mass is 184 g/mol. The van der Waals surface area contributed by atoms with Gasteiger partial charge in [0.1, 0.15) is 0 Å². The molecule has 0 spiro atoms. The summed E-state index contributed by atoms with van der Waals surface area (Å²) in [6.07, 6.45) is 1.71. The van der Waals surface area contributed by atoms with Crippen LogP contribution >= 0.6 is 0 Å². The van der Waals surface area contributed by atoms with Crippen molar-refractivity contribution >= 4 is 5.91 Å². The molecular formula is C9H16N2O2. The Morgan fingerprint density at radius 3 is 2.92 bits per heavy atom. The van der Waals surface area contributed by atoms with E-state index in [4.69, 9.17) is 10.00 Å². The third-order valence-electron chi connectivity index (χ3n) is 1.38. The summed E-state index contributed by atoms with van der Waals surface area (Å²) in [5, 5.41) is 10.8. The number of ether oxygens (including phenoxy) is 1. The van der Waals surface area contributed by atoms with E-state index in [2.05, 4.69) is 5.32 Å². The van der Waals surface area contributed by atoms with Crippen LogP contribution in [0.1, 0.15) is 26.2 Å². The highest BCUT2D eigenvalue weighted by atomic mass is 16.5. The van der Waals surface area contributed by atoms with Crippen molar-refractivity contribution in [1.82, 2.24) is 5.32 Å². The molecule has 74 valence electrons. The molecule has 1 amide bonds. The number of nitriles is 1. The summed E-state index contributed by atoms with van der Waals surface area (Å²) in [5.41, 5.74) is 0. The van der Waals surface area contributed by atoms with Crippen molar-refractivity contribution < 1.29 is 9.53 Å². The van der Waals surface area contributed by atoms with E-state index in [1.54, 1.807) is 0 Å². The Morgan fingerprint density at radius 2 is 2.31 bits per heavy atom. The topological polar surface area (TPSA) is 62.1 Å². The Morgan fingerprint density at radius 1 is 1.54 bits per heavy atom. The SMILES string of the molecule is CCCOCCC(=O)NCCC#N. The van der Waals surface area contributed by atoms with Crippen molar-refractivity contribution in [2.24, 2.45) is 0 Å². The van der Waals surface area contributed by atoms with Gasteiger partial charge in [0, 0.05) is 19.6 Å². The highest BCUT2D eigenvalue weighted by Gasteiger charge is 1.98. The zero-order valence-corrected chi connectivity index (χ0v) is 8.01. The third-order valence-corrected chi connectivity index (χ3v) is 1.38. The minimum absolute atomic E-state index is 0.0497. The first-order chi connectivity index (χ1) is 6.31. The van der Waals surface area contributed by atoms with Crippen molar-refractivity contribution in [3.05, 3.63) is 0 Å². The highest BCUT2D eigenvalue weighted by molar-refractivity contribution is 5.75. The van der Waals surface area contributed by atoms with Gasteiger partial charge in [-0.05, 0) is 6.42 Å². The number of carbonyl (C=O) groups excluding carboxylic acids is 1. The molecule has 4 heteroatoms. The third kappa shape index (κ3) is 8.83. The molecule has 0 aromatic rings. The number of carbonyl (C=O) groups is 1. The van der Waals surface area contributed by atoms with Crippen LogP contribution in [0.2, 0.25) is 0 Å². The van der Waals surface area contributed by atoms with Crippen LogP contribution in [-0.2, 0) is 9.53 Å². The molecule has 0 saturated heterocycles. The van der Waals surface area contributed by atoms with E-state index in [1.807, 2.05) is 13.0 Å². The molecule has 0 aliphatic carbocycles. The summed E-state index contributed by atoms with van der Waals surface area (Å²) in [5.74, 6) is -0.0497. The van der Waals surface area contributed by atoms with Crippen LogP contribution in [0.4, 0.5) is 0 Å². The normalized spacial score (nSPS) is 9.23. The number of hydrogen-bond acceptors (Lipinski definition) is 3. The zero-order chi connectivity index (χ0) is 9.94. The Bertz CT molecular complexity index is 175. The van der Waals surface area contributed by atoms with Crippen molar-refractivity contribution in [1.29, 1.82) is 5.26 Å². The minimum atomic E-state index is -0.0497. The zero-order valence-electron chi connectivity index (χ0n) is 8.01. The molecule has 0 aliphatic rings. The van der Waals surface area contributed by atoms with Gasteiger partial charge in [-0.1, -0.05) is 6.92 Å². The molecule has 0 radical (unpaired) electrons. The molecule has 0 aromatic carbocycles. The molecule has 0 aromatic heterocycles. The number of rotatable bonds is 7. The van der Waals surface area contributed by atoms with Crippen LogP contribution < -0.4 is 5.32 Å². The van der Waals surface area contributed by atoms with Crippen LogP contribution in [0.15, 0.2) is 0 Å². The van der Waals surface area contributed by atoms with Gasteiger partial charge in [0.15, 0.2) is 0 Å². The quantitative estimate of drug-likeness (QED) is 0.596. The first kappa shape index (κ1) is 11.9. The number of hydrogen-bond donors (Lipinski definition) is 1. The van der Waals surface area contributed by atoms with Gasteiger partial charge in [0.25, 0.3) is 0 Å². The van der Waals surface area contributed by atoms with Crippen molar-refractivity contribution in [2.45, 2.75) is 26.2 Å². The van der Waals surface area contributed by atoms with E-state index < -0.39 is 0 Å². The lowest BCUT2D eigenvalue weighted by Crippen LogP contribution is -2.25. The second-order valence-corrected chi connectivity index (χ2v) is 2.62. The van der Waals surface area contributed by atoms with E-state index in [-0.39, 0.29) is 5.91 Å². The maximum absolute atomic E-state index is 11.0. The summed E-state index contributed by atoms with van der Waals surface area (Å²) in [4.78, 5) is 11.0. The van der Waals surface area contributed by atoms with E-state index >= 15 is 0 Å². The molecule has 0 rings (SSSR count). The van der Waals surface area contributed by atoms with Crippen molar-refractivity contribution in [3.8, 4) is 6.07 Å². The Hall–Kier alpha value is -1.08. The van der Waals surface area contributed by atoms with Gasteiger partial charge in [-0.15, -0.1) is 0 Å². The molecule has 0 heterocycles. The maximum atomic E-state index is 11.0. The van der Waals surface area contributed by atoms with Crippen LogP contribution in [0, 0.1) is 11.3 Å². The van der Waals surface area contributed by atoms with E-state index in [9.17, 15) is 4.79 Å².